The van der Waals surface area contributed by atoms with Crippen molar-refractivity contribution in [2.75, 3.05) is 0 Å². The fourth-order valence-corrected chi connectivity index (χ4v) is 0.494. The van der Waals surface area contributed by atoms with E-state index in [4.69, 9.17) is 0 Å². The molecule has 0 saturated carbocycles. The van der Waals surface area contributed by atoms with E-state index >= 15 is 0 Å². The molecule has 0 aromatic heterocycles. The summed E-state index contributed by atoms with van der Waals surface area (Å²) < 4.78 is 4.68. The fourth-order valence-electron chi connectivity index (χ4n) is 0.494. The van der Waals surface area contributed by atoms with Crippen LogP contribution in [0.15, 0.2) is 30.7 Å². The number of esters is 1. The van der Waals surface area contributed by atoms with Gasteiger partial charge in [-0.1, -0.05) is 20.4 Å². The highest BCUT2D eigenvalue weighted by atomic mass is 16.5. The second kappa shape index (κ2) is 6.44. The lowest BCUT2D eigenvalue weighted by molar-refractivity contribution is -0.132. The molecule has 0 aliphatic heterocycles. The zero-order valence-electron chi connectivity index (χ0n) is 7.54. The Kier molecular flexibility index (Phi) is 5.76. The summed E-state index contributed by atoms with van der Waals surface area (Å²) in [6.07, 6.45) is 5.44. The predicted molar refractivity (Wildman–Crippen MR) is 48.4 cm³/mol. The largest absolute Gasteiger partial charge is 0.431 e. The first-order valence-corrected chi connectivity index (χ1v) is 3.93. The van der Waals surface area contributed by atoms with Gasteiger partial charge >= 0.3 is 5.97 Å². The van der Waals surface area contributed by atoms with Crippen LogP contribution >= 0.6 is 0 Å². The summed E-state index contributed by atoms with van der Waals surface area (Å²) in [6.45, 7) is 7.37. The number of carbonyl (C=O) groups excluding carboxylic acids is 1. The Labute approximate surface area is 73.2 Å². The maximum absolute atomic E-state index is 10.7. The maximum atomic E-state index is 10.7. The Morgan fingerprint density at radius 1 is 1.75 bits per heavy atom. The molecule has 0 aromatic rings. The third kappa shape index (κ3) is 5.51. The molecule has 0 bridgehead atoms. The minimum atomic E-state index is -0.440. The number of allylic oxidation sites excluding steroid dienone is 1. The Hall–Kier alpha value is -1.27. The molecule has 0 fully saturated rings. The average Bonchev–Trinajstić information content (AvgIpc) is 2.04. The van der Waals surface area contributed by atoms with Gasteiger partial charge in [-0.15, -0.1) is 5.73 Å². The van der Waals surface area contributed by atoms with Crippen molar-refractivity contribution in [2.24, 2.45) is 5.92 Å². The van der Waals surface area contributed by atoms with Crippen molar-refractivity contribution in [2.45, 2.75) is 20.3 Å². The molecule has 0 amide bonds. The Morgan fingerprint density at radius 3 is 2.92 bits per heavy atom. The van der Waals surface area contributed by atoms with E-state index in [0.29, 0.717) is 5.92 Å². The second-order valence-electron chi connectivity index (χ2n) is 2.50. The van der Waals surface area contributed by atoms with Crippen LogP contribution in [-0.2, 0) is 9.53 Å². The van der Waals surface area contributed by atoms with Crippen molar-refractivity contribution in [3.63, 3.8) is 0 Å². The average molecular weight is 166 g/mol. The summed E-state index contributed by atoms with van der Waals surface area (Å²) in [6, 6.07) is 0. The highest BCUT2D eigenvalue weighted by molar-refractivity contribution is 5.82. The third-order valence-electron chi connectivity index (χ3n) is 1.46. The van der Waals surface area contributed by atoms with Crippen LogP contribution in [0.3, 0.4) is 0 Å². The van der Waals surface area contributed by atoms with Gasteiger partial charge in [-0.05, 0) is 18.4 Å². The third-order valence-corrected chi connectivity index (χ3v) is 1.46. The number of hydrogen-bond acceptors (Lipinski definition) is 2. The van der Waals surface area contributed by atoms with Crippen molar-refractivity contribution < 1.29 is 9.53 Å². The van der Waals surface area contributed by atoms with Crippen LogP contribution in [0.4, 0.5) is 0 Å². The SMILES string of the molecule is C=C=CC(=O)OC=CC(C)CC. The zero-order valence-corrected chi connectivity index (χ0v) is 7.54. The van der Waals surface area contributed by atoms with Crippen LogP contribution in [0.2, 0.25) is 0 Å². The minimum absolute atomic E-state index is 0.436. The van der Waals surface area contributed by atoms with Crippen molar-refractivity contribution in [1.82, 2.24) is 0 Å². The molecule has 2 nitrogen and oxygen atoms in total. The number of carbonyl (C=O) groups is 1. The molecular formula is C10H14O2. The van der Waals surface area contributed by atoms with E-state index in [9.17, 15) is 4.79 Å². The lowest BCUT2D eigenvalue weighted by atomic mass is 10.1. The zero-order chi connectivity index (χ0) is 9.40. The van der Waals surface area contributed by atoms with E-state index < -0.39 is 5.97 Å². The minimum Gasteiger partial charge on any atom is -0.431 e. The molecule has 0 heterocycles. The lowest BCUT2D eigenvalue weighted by Crippen LogP contribution is -1.93. The molecule has 0 spiro atoms. The summed E-state index contributed by atoms with van der Waals surface area (Å²) in [4.78, 5) is 10.7. The highest BCUT2D eigenvalue weighted by Crippen LogP contribution is 2.01. The first-order chi connectivity index (χ1) is 5.70. The Balaban J connectivity index is 3.74. The van der Waals surface area contributed by atoms with Gasteiger partial charge in [0, 0.05) is 0 Å². The van der Waals surface area contributed by atoms with Gasteiger partial charge in [0.25, 0.3) is 0 Å². The molecule has 1 unspecified atom stereocenters. The monoisotopic (exact) mass is 166 g/mol. The summed E-state index contributed by atoms with van der Waals surface area (Å²) in [5, 5.41) is 0. The Bertz CT molecular complexity index is 210. The van der Waals surface area contributed by atoms with E-state index in [1.54, 1.807) is 0 Å². The summed E-state index contributed by atoms with van der Waals surface area (Å²) in [7, 11) is 0. The molecule has 1 atom stereocenters. The van der Waals surface area contributed by atoms with Gasteiger partial charge in [0.15, 0.2) is 0 Å². The van der Waals surface area contributed by atoms with E-state index in [-0.39, 0.29) is 0 Å². The molecule has 0 saturated heterocycles. The second-order valence-corrected chi connectivity index (χ2v) is 2.50. The standard InChI is InChI=1S/C10H14O2/c1-4-6-10(11)12-8-7-9(3)5-2/h6-9H,1,5H2,2-3H3. The molecule has 0 N–H and O–H groups in total. The summed E-state index contributed by atoms with van der Waals surface area (Å²) in [5.74, 6) is -0.00457. The number of hydrogen-bond donors (Lipinski definition) is 0. The van der Waals surface area contributed by atoms with Gasteiger partial charge < -0.3 is 4.74 Å². The predicted octanol–water partition coefficient (Wildman–Crippen LogP) is 2.43. The van der Waals surface area contributed by atoms with Crippen LogP contribution in [0, 0.1) is 5.92 Å². The van der Waals surface area contributed by atoms with Gasteiger partial charge in [-0.3, -0.25) is 0 Å². The van der Waals surface area contributed by atoms with Gasteiger partial charge in [0.05, 0.1) is 12.3 Å². The molecule has 0 aliphatic carbocycles. The topological polar surface area (TPSA) is 26.3 Å². The highest BCUT2D eigenvalue weighted by Gasteiger charge is 1.93. The number of rotatable bonds is 4. The van der Waals surface area contributed by atoms with Crippen LogP contribution in [0.25, 0.3) is 0 Å². The maximum Gasteiger partial charge on any atom is 0.343 e. The van der Waals surface area contributed by atoms with E-state index in [1.165, 1.54) is 6.26 Å². The van der Waals surface area contributed by atoms with Crippen LogP contribution in [0.5, 0.6) is 0 Å². The molecule has 12 heavy (non-hydrogen) atoms. The lowest BCUT2D eigenvalue weighted by Gasteiger charge is -1.98. The van der Waals surface area contributed by atoms with E-state index in [0.717, 1.165) is 12.5 Å². The summed E-state index contributed by atoms with van der Waals surface area (Å²) >= 11 is 0. The molecule has 66 valence electrons. The van der Waals surface area contributed by atoms with Gasteiger partial charge in [-0.25, -0.2) is 4.79 Å². The Morgan fingerprint density at radius 2 is 2.42 bits per heavy atom. The number of ether oxygens (including phenoxy) is 1. The molecule has 0 radical (unpaired) electrons. The smallest absolute Gasteiger partial charge is 0.343 e. The van der Waals surface area contributed by atoms with E-state index in [1.807, 2.05) is 13.0 Å². The first kappa shape index (κ1) is 10.7. The molecule has 0 rings (SSSR count). The van der Waals surface area contributed by atoms with Crippen molar-refractivity contribution in [3.8, 4) is 0 Å². The van der Waals surface area contributed by atoms with Crippen LogP contribution in [-0.4, -0.2) is 5.97 Å². The fraction of sp³-hybridized carbons (Fsp3) is 0.400. The van der Waals surface area contributed by atoms with Crippen molar-refractivity contribution in [3.05, 3.63) is 30.7 Å². The molecule has 0 aliphatic rings. The molecule has 0 aromatic carbocycles. The molecular weight excluding hydrogens is 152 g/mol. The van der Waals surface area contributed by atoms with Gasteiger partial charge in [-0.2, -0.15) is 0 Å². The van der Waals surface area contributed by atoms with Crippen LogP contribution in [0.1, 0.15) is 20.3 Å². The first-order valence-electron chi connectivity index (χ1n) is 3.93. The van der Waals surface area contributed by atoms with E-state index in [2.05, 4.69) is 24.0 Å². The van der Waals surface area contributed by atoms with Crippen molar-refractivity contribution in [1.29, 1.82) is 0 Å². The normalized spacial score (nSPS) is 12.2. The quantitative estimate of drug-likeness (QED) is 0.277. The van der Waals surface area contributed by atoms with Gasteiger partial charge in [0.1, 0.15) is 0 Å². The molecule has 2 heteroatoms. The summed E-state index contributed by atoms with van der Waals surface area (Å²) in [5.41, 5.74) is 2.34. The van der Waals surface area contributed by atoms with Crippen LogP contribution < -0.4 is 0 Å². The van der Waals surface area contributed by atoms with Crippen molar-refractivity contribution >= 4 is 5.97 Å². The van der Waals surface area contributed by atoms with Gasteiger partial charge in [0.2, 0.25) is 0 Å².